The van der Waals surface area contributed by atoms with Crippen LogP contribution in [0.4, 0.5) is 5.69 Å². The van der Waals surface area contributed by atoms with Gasteiger partial charge in [-0.1, -0.05) is 29.8 Å². The number of benzene rings is 1. The van der Waals surface area contributed by atoms with Crippen LogP contribution in [-0.2, 0) is 18.4 Å². The summed E-state index contributed by atoms with van der Waals surface area (Å²) in [7, 11) is 3.76. The van der Waals surface area contributed by atoms with Crippen LogP contribution in [0.15, 0.2) is 47.3 Å². The number of carbonyl (C=O) groups is 1. The summed E-state index contributed by atoms with van der Waals surface area (Å²) >= 11 is 7.49. The Hall–Kier alpha value is -2.35. The van der Waals surface area contributed by atoms with Crippen molar-refractivity contribution in [1.29, 1.82) is 0 Å². The summed E-state index contributed by atoms with van der Waals surface area (Å²) in [5.74, 6) is -0.179. The Balaban J connectivity index is 1.65. The number of amides is 1. The fourth-order valence-electron chi connectivity index (χ4n) is 2.99. The minimum absolute atomic E-state index is 0.179. The van der Waals surface area contributed by atoms with Crippen molar-refractivity contribution in [1.82, 2.24) is 14.3 Å². The molecule has 3 rings (SSSR count). The van der Waals surface area contributed by atoms with Crippen LogP contribution in [0.3, 0.4) is 0 Å². The van der Waals surface area contributed by atoms with E-state index in [1.165, 1.54) is 11.3 Å². The van der Waals surface area contributed by atoms with Gasteiger partial charge in [0.1, 0.15) is 5.69 Å². The summed E-state index contributed by atoms with van der Waals surface area (Å²) in [6.07, 6.45) is 0.300. The summed E-state index contributed by atoms with van der Waals surface area (Å²) in [5.41, 5.74) is 1.56. The van der Waals surface area contributed by atoms with Crippen molar-refractivity contribution in [2.24, 2.45) is 7.05 Å². The predicted molar refractivity (Wildman–Crippen MR) is 115 cm³/mol. The summed E-state index contributed by atoms with van der Waals surface area (Å²) in [6, 6.07) is 13.2. The van der Waals surface area contributed by atoms with Gasteiger partial charge in [0, 0.05) is 31.4 Å². The molecule has 28 heavy (non-hydrogen) atoms. The number of aromatic nitrogens is 2. The topological polar surface area (TPSA) is 59.3 Å². The van der Waals surface area contributed by atoms with Gasteiger partial charge in [-0.25, -0.2) is 4.68 Å². The molecule has 8 heteroatoms. The summed E-state index contributed by atoms with van der Waals surface area (Å²) in [4.78, 5) is 28.5. The van der Waals surface area contributed by atoms with Gasteiger partial charge in [-0.2, -0.15) is 0 Å². The number of nitrogens with zero attached hydrogens (tertiary/aromatic N) is 3. The number of hydrogen-bond donors (Lipinski definition) is 1. The van der Waals surface area contributed by atoms with Crippen molar-refractivity contribution in [3.05, 3.63) is 67.7 Å². The van der Waals surface area contributed by atoms with Gasteiger partial charge >= 0.3 is 0 Å². The van der Waals surface area contributed by atoms with Crippen LogP contribution in [0.5, 0.6) is 0 Å². The lowest BCUT2D eigenvalue weighted by Gasteiger charge is -2.15. The Morgan fingerprint density at radius 2 is 1.93 bits per heavy atom. The van der Waals surface area contributed by atoms with E-state index in [1.54, 1.807) is 16.4 Å². The zero-order valence-electron chi connectivity index (χ0n) is 16.1. The van der Waals surface area contributed by atoms with Crippen LogP contribution in [0.25, 0.3) is 5.69 Å². The predicted octanol–water partition coefficient (Wildman–Crippen LogP) is 3.66. The number of nitrogens with one attached hydrogen (secondary N) is 1. The molecule has 3 aromatic rings. The average Bonchev–Trinajstić information content (AvgIpc) is 3.17. The highest BCUT2D eigenvalue weighted by Gasteiger charge is 2.18. The van der Waals surface area contributed by atoms with Crippen LogP contribution < -0.4 is 10.9 Å². The first-order valence-electron chi connectivity index (χ1n) is 8.93. The first-order chi connectivity index (χ1) is 13.4. The molecule has 1 N–H and O–H groups in total. The minimum Gasteiger partial charge on any atom is -0.320 e. The second-order valence-corrected chi connectivity index (χ2v) is 8.48. The molecule has 0 spiro atoms. The molecule has 2 heterocycles. The van der Waals surface area contributed by atoms with Crippen LogP contribution >= 0.6 is 22.9 Å². The molecule has 0 aliphatic rings. The minimum atomic E-state index is -0.235. The molecule has 2 aromatic heterocycles. The molecule has 0 fully saturated rings. The lowest BCUT2D eigenvalue weighted by Crippen LogP contribution is -2.26. The van der Waals surface area contributed by atoms with Crippen molar-refractivity contribution in [3.63, 3.8) is 0 Å². The van der Waals surface area contributed by atoms with Crippen LogP contribution in [-0.4, -0.2) is 33.8 Å². The molecule has 1 amide bonds. The van der Waals surface area contributed by atoms with Crippen LogP contribution in [0.1, 0.15) is 17.0 Å². The number of carbonyl (C=O) groups excluding carboxylic acids is 1. The van der Waals surface area contributed by atoms with Gasteiger partial charge in [0.25, 0.3) is 5.56 Å². The quantitative estimate of drug-likeness (QED) is 0.637. The van der Waals surface area contributed by atoms with Gasteiger partial charge < -0.3 is 10.2 Å². The molecular weight excluding hydrogens is 396 g/mol. The van der Waals surface area contributed by atoms with Gasteiger partial charge in [0.2, 0.25) is 5.91 Å². The highest BCUT2D eigenvalue weighted by Crippen LogP contribution is 2.22. The summed E-state index contributed by atoms with van der Waals surface area (Å²) in [6.45, 7) is 3.14. The molecule has 0 bridgehead atoms. The van der Waals surface area contributed by atoms with Gasteiger partial charge in [0.15, 0.2) is 0 Å². The molecule has 0 saturated heterocycles. The van der Waals surface area contributed by atoms with E-state index in [4.69, 9.17) is 11.6 Å². The van der Waals surface area contributed by atoms with E-state index in [1.807, 2.05) is 56.4 Å². The van der Waals surface area contributed by atoms with Gasteiger partial charge in [-0.15, -0.1) is 11.3 Å². The van der Waals surface area contributed by atoms with Gasteiger partial charge in [-0.3, -0.25) is 14.3 Å². The molecule has 0 atom stereocenters. The third-order valence-electron chi connectivity index (χ3n) is 4.59. The van der Waals surface area contributed by atoms with Gasteiger partial charge in [0.05, 0.1) is 15.7 Å². The standard InChI is InChI=1S/C20H23ClN4O2S/c1-14-19(20(27)25(24(14)3)15-7-5-4-6-8-15)22-18(26)11-12-23(2)13-16-9-10-17(21)28-16/h4-10H,11-13H2,1-3H3,(H,22,26). The molecule has 148 valence electrons. The third-order valence-corrected chi connectivity index (χ3v) is 5.81. The Morgan fingerprint density at radius 1 is 1.21 bits per heavy atom. The third kappa shape index (κ3) is 4.55. The number of rotatable bonds is 7. The smallest absolute Gasteiger partial charge is 0.295 e. The van der Waals surface area contributed by atoms with Crippen molar-refractivity contribution in [2.45, 2.75) is 19.9 Å². The lowest BCUT2D eigenvalue weighted by atomic mass is 10.3. The van der Waals surface area contributed by atoms with Crippen molar-refractivity contribution in [2.75, 3.05) is 18.9 Å². The van der Waals surface area contributed by atoms with Crippen LogP contribution in [0, 0.1) is 6.92 Å². The van der Waals surface area contributed by atoms with E-state index in [0.717, 1.165) is 21.4 Å². The van der Waals surface area contributed by atoms with E-state index < -0.39 is 0 Å². The Kier molecular flexibility index (Phi) is 6.39. The van der Waals surface area contributed by atoms with E-state index in [2.05, 4.69) is 10.2 Å². The van der Waals surface area contributed by atoms with Crippen molar-refractivity contribution < 1.29 is 4.79 Å². The zero-order valence-corrected chi connectivity index (χ0v) is 17.7. The zero-order chi connectivity index (χ0) is 20.3. The van der Waals surface area contributed by atoms with Crippen molar-refractivity contribution in [3.8, 4) is 5.69 Å². The Labute approximate surface area is 172 Å². The molecule has 0 unspecified atom stereocenters. The number of para-hydroxylation sites is 1. The Bertz CT molecular complexity index is 1020. The number of hydrogen-bond acceptors (Lipinski definition) is 4. The van der Waals surface area contributed by atoms with E-state index in [0.29, 0.717) is 24.3 Å². The molecule has 6 nitrogen and oxygen atoms in total. The molecule has 0 aliphatic carbocycles. The molecule has 0 radical (unpaired) electrons. The molecule has 1 aromatic carbocycles. The monoisotopic (exact) mass is 418 g/mol. The molecule has 0 saturated carbocycles. The fraction of sp³-hybridized carbons (Fsp3) is 0.300. The second kappa shape index (κ2) is 8.77. The van der Waals surface area contributed by atoms with E-state index >= 15 is 0 Å². The van der Waals surface area contributed by atoms with Crippen LogP contribution in [0.2, 0.25) is 4.34 Å². The maximum Gasteiger partial charge on any atom is 0.295 e. The highest BCUT2D eigenvalue weighted by molar-refractivity contribution is 7.16. The van der Waals surface area contributed by atoms with Gasteiger partial charge in [-0.05, 0) is 38.2 Å². The second-order valence-electron chi connectivity index (χ2n) is 6.68. The summed E-state index contributed by atoms with van der Waals surface area (Å²) in [5, 5.41) is 2.79. The maximum atomic E-state index is 12.8. The normalized spacial score (nSPS) is 11.2. The SMILES string of the molecule is Cc1c(NC(=O)CCN(C)Cc2ccc(Cl)s2)c(=O)n(-c2ccccc2)n1C. The first kappa shape index (κ1) is 20.4. The largest absolute Gasteiger partial charge is 0.320 e. The van der Waals surface area contributed by atoms with E-state index in [9.17, 15) is 9.59 Å². The lowest BCUT2D eigenvalue weighted by molar-refractivity contribution is -0.116. The number of halogens is 1. The highest BCUT2D eigenvalue weighted by atomic mass is 35.5. The number of anilines is 1. The maximum absolute atomic E-state index is 12.8. The molecular formula is C20H23ClN4O2S. The van der Waals surface area contributed by atoms with E-state index in [-0.39, 0.29) is 11.5 Å². The molecule has 0 aliphatic heterocycles. The number of thiophene rings is 1. The fourth-order valence-corrected chi connectivity index (χ4v) is 4.16. The first-order valence-corrected chi connectivity index (χ1v) is 10.1. The Morgan fingerprint density at radius 3 is 2.57 bits per heavy atom. The average molecular weight is 419 g/mol. The summed E-state index contributed by atoms with van der Waals surface area (Å²) < 4.78 is 4.06. The van der Waals surface area contributed by atoms with Crippen molar-refractivity contribution >= 4 is 34.5 Å².